The van der Waals surface area contributed by atoms with Crippen LogP contribution in [0.1, 0.15) is 17.3 Å². The van der Waals surface area contributed by atoms with E-state index >= 15 is 0 Å². The van der Waals surface area contributed by atoms with Crippen LogP contribution in [0.15, 0.2) is 66.7 Å². The summed E-state index contributed by atoms with van der Waals surface area (Å²) in [5.74, 6) is -0.599. The van der Waals surface area contributed by atoms with Gasteiger partial charge in [0.2, 0.25) is 0 Å². The van der Waals surface area contributed by atoms with Crippen molar-refractivity contribution in [3.63, 3.8) is 0 Å². The number of amides is 2. The normalized spacial score (nSPS) is 11.2. The highest BCUT2D eigenvalue weighted by Crippen LogP contribution is 2.23. The van der Waals surface area contributed by atoms with Gasteiger partial charge >= 0.3 is 5.97 Å². The van der Waals surface area contributed by atoms with E-state index < -0.39 is 18.0 Å². The van der Waals surface area contributed by atoms with Crippen LogP contribution in [0.3, 0.4) is 0 Å². The van der Waals surface area contributed by atoms with Crippen LogP contribution in [0.2, 0.25) is 10.0 Å². The van der Waals surface area contributed by atoms with Crippen LogP contribution < -0.4 is 20.1 Å². The lowest BCUT2D eigenvalue weighted by Gasteiger charge is -2.14. The predicted molar refractivity (Wildman–Crippen MR) is 134 cm³/mol. The van der Waals surface area contributed by atoms with E-state index in [1.807, 2.05) is 0 Å². The lowest BCUT2D eigenvalue weighted by Crippen LogP contribution is -2.30. The highest BCUT2D eigenvalue weighted by atomic mass is 35.5. The molecule has 182 valence electrons. The van der Waals surface area contributed by atoms with Crippen molar-refractivity contribution in [2.75, 3.05) is 24.4 Å². The molecule has 8 nitrogen and oxygen atoms in total. The topological polar surface area (TPSA) is 103 Å². The van der Waals surface area contributed by atoms with Crippen molar-refractivity contribution in [2.24, 2.45) is 0 Å². The molecule has 0 spiro atoms. The number of methoxy groups -OCH3 is 1. The molecule has 2 N–H and O–H groups in total. The quantitative estimate of drug-likeness (QED) is 0.378. The Morgan fingerprint density at radius 1 is 0.857 bits per heavy atom. The summed E-state index contributed by atoms with van der Waals surface area (Å²) in [5, 5.41) is 6.01. The van der Waals surface area contributed by atoms with Crippen LogP contribution >= 0.6 is 23.2 Å². The van der Waals surface area contributed by atoms with Gasteiger partial charge in [-0.25, -0.2) is 4.79 Å². The second-order valence-electron chi connectivity index (χ2n) is 7.29. The number of hydrogen-bond acceptors (Lipinski definition) is 6. The maximum atomic E-state index is 12.4. The van der Waals surface area contributed by atoms with Gasteiger partial charge in [0.1, 0.15) is 11.5 Å². The molecular weight excluding hydrogens is 495 g/mol. The SMILES string of the molecule is COc1cccc(NC(=O)COc2ccc(C(=O)OC(C)C(=O)Nc3cc(Cl)cc(Cl)c3)cc2)c1. The molecule has 3 rings (SSSR count). The van der Waals surface area contributed by atoms with Crippen LogP contribution in [-0.2, 0) is 14.3 Å². The molecule has 3 aromatic rings. The van der Waals surface area contributed by atoms with Crippen molar-refractivity contribution in [3.8, 4) is 11.5 Å². The minimum Gasteiger partial charge on any atom is -0.497 e. The zero-order valence-corrected chi connectivity index (χ0v) is 20.4. The molecule has 0 saturated carbocycles. The summed E-state index contributed by atoms with van der Waals surface area (Å²) in [6.45, 7) is 1.21. The molecule has 0 aliphatic carbocycles. The fourth-order valence-electron chi connectivity index (χ4n) is 2.89. The van der Waals surface area contributed by atoms with Gasteiger partial charge in [-0.15, -0.1) is 0 Å². The second kappa shape index (κ2) is 12.1. The standard InChI is InChI=1S/C25H22Cl2N2O6/c1-15(24(31)29-20-11-17(26)10-18(27)12-20)35-25(32)16-6-8-21(9-7-16)34-14-23(30)28-19-4-3-5-22(13-19)33-2/h3-13,15H,14H2,1-2H3,(H,28,30)(H,29,31). The van der Waals surface area contributed by atoms with Gasteiger partial charge in [-0.05, 0) is 61.5 Å². The van der Waals surface area contributed by atoms with Crippen LogP contribution in [-0.4, -0.2) is 37.6 Å². The number of hydrogen-bond donors (Lipinski definition) is 2. The monoisotopic (exact) mass is 516 g/mol. The number of esters is 1. The number of benzene rings is 3. The highest BCUT2D eigenvalue weighted by Gasteiger charge is 2.19. The molecule has 35 heavy (non-hydrogen) atoms. The van der Waals surface area contributed by atoms with Crippen LogP contribution in [0.4, 0.5) is 11.4 Å². The predicted octanol–water partition coefficient (Wildman–Crippen LogP) is 5.20. The number of carbonyl (C=O) groups is 3. The van der Waals surface area contributed by atoms with E-state index in [0.717, 1.165) is 0 Å². The van der Waals surface area contributed by atoms with Gasteiger partial charge in [-0.2, -0.15) is 0 Å². The first-order chi connectivity index (χ1) is 16.7. The summed E-state index contributed by atoms with van der Waals surface area (Å²) in [6.07, 6.45) is -1.07. The minimum absolute atomic E-state index is 0.212. The molecule has 10 heteroatoms. The lowest BCUT2D eigenvalue weighted by molar-refractivity contribution is -0.123. The minimum atomic E-state index is -1.07. The largest absolute Gasteiger partial charge is 0.497 e. The van der Waals surface area contributed by atoms with Crippen LogP contribution in [0.25, 0.3) is 0 Å². The van der Waals surface area contributed by atoms with E-state index in [0.29, 0.717) is 32.9 Å². The van der Waals surface area contributed by atoms with E-state index in [1.165, 1.54) is 56.5 Å². The van der Waals surface area contributed by atoms with Gasteiger partial charge in [0, 0.05) is 27.5 Å². The fourth-order valence-corrected chi connectivity index (χ4v) is 3.41. The summed E-state index contributed by atoms with van der Waals surface area (Å²) in [5.41, 5.74) is 1.17. The number of carbonyl (C=O) groups excluding carboxylic acids is 3. The van der Waals surface area contributed by atoms with Crippen molar-refractivity contribution >= 4 is 52.4 Å². The van der Waals surface area contributed by atoms with Crippen molar-refractivity contribution < 1.29 is 28.6 Å². The number of ether oxygens (including phenoxy) is 3. The van der Waals surface area contributed by atoms with Crippen molar-refractivity contribution in [1.82, 2.24) is 0 Å². The van der Waals surface area contributed by atoms with Gasteiger partial charge < -0.3 is 24.8 Å². The molecule has 0 heterocycles. The molecule has 0 fully saturated rings. The zero-order valence-electron chi connectivity index (χ0n) is 18.8. The Bertz CT molecular complexity index is 1200. The Labute approximate surface area is 212 Å². The van der Waals surface area contributed by atoms with Crippen molar-refractivity contribution in [3.05, 3.63) is 82.3 Å². The number of nitrogens with one attached hydrogen (secondary N) is 2. The van der Waals surface area contributed by atoms with E-state index in [-0.39, 0.29) is 18.1 Å². The van der Waals surface area contributed by atoms with Crippen molar-refractivity contribution in [1.29, 1.82) is 0 Å². The van der Waals surface area contributed by atoms with Crippen LogP contribution in [0.5, 0.6) is 11.5 Å². The summed E-state index contributed by atoms with van der Waals surface area (Å²) < 4.78 is 15.8. The Morgan fingerprint density at radius 2 is 1.54 bits per heavy atom. The zero-order chi connectivity index (χ0) is 25.4. The Hall–Kier alpha value is -3.75. The van der Waals surface area contributed by atoms with E-state index in [9.17, 15) is 14.4 Å². The fraction of sp³-hybridized carbons (Fsp3) is 0.160. The summed E-state index contributed by atoms with van der Waals surface area (Å²) >= 11 is 11.8. The maximum Gasteiger partial charge on any atom is 0.338 e. The molecule has 0 aliphatic heterocycles. The van der Waals surface area contributed by atoms with E-state index in [1.54, 1.807) is 24.3 Å². The average Bonchev–Trinajstić information content (AvgIpc) is 2.82. The summed E-state index contributed by atoms with van der Waals surface area (Å²) in [4.78, 5) is 36.8. The number of anilines is 2. The molecular formula is C25H22Cl2N2O6. The molecule has 0 aromatic heterocycles. The first-order valence-corrected chi connectivity index (χ1v) is 11.1. The van der Waals surface area contributed by atoms with Gasteiger partial charge in [-0.3, -0.25) is 9.59 Å². The smallest absolute Gasteiger partial charge is 0.338 e. The molecule has 1 unspecified atom stereocenters. The Kier molecular flexibility index (Phi) is 8.94. The molecule has 2 amide bonds. The molecule has 1 atom stereocenters. The van der Waals surface area contributed by atoms with E-state index in [2.05, 4.69) is 10.6 Å². The Morgan fingerprint density at radius 3 is 2.20 bits per heavy atom. The molecule has 0 bridgehead atoms. The van der Waals surface area contributed by atoms with Gasteiger partial charge in [0.05, 0.1) is 12.7 Å². The first-order valence-electron chi connectivity index (χ1n) is 10.4. The van der Waals surface area contributed by atoms with Gasteiger partial charge in [-0.1, -0.05) is 29.3 Å². The molecule has 0 saturated heterocycles. The van der Waals surface area contributed by atoms with Gasteiger partial charge in [0.25, 0.3) is 11.8 Å². The van der Waals surface area contributed by atoms with Crippen LogP contribution in [0, 0.1) is 0 Å². The lowest BCUT2D eigenvalue weighted by atomic mass is 10.2. The third kappa shape index (κ3) is 7.91. The third-order valence-corrected chi connectivity index (χ3v) is 5.03. The van der Waals surface area contributed by atoms with Gasteiger partial charge in [0.15, 0.2) is 12.7 Å². The molecule has 3 aromatic carbocycles. The number of rotatable bonds is 9. The molecule has 0 aliphatic rings. The maximum absolute atomic E-state index is 12.4. The second-order valence-corrected chi connectivity index (χ2v) is 8.16. The summed E-state index contributed by atoms with van der Waals surface area (Å²) in [6, 6.07) is 17.5. The van der Waals surface area contributed by atoms with Crippen molar-refractivity contribution in [2.45, 2.75) is 13.0 Å². The molecule has 0 radical (unpaired) electrons. The average molecular weight is 517 g/mol. The number of halogens is 2. The third-order valence-electron chi connectivity index (χ3n) is 4.60. The van der Waals surface area contributed by atoms with E-state index in [4.69, 9.17) is 37.4 Å². The summed E-state index contributed by atoms with van der Waals surface area (Å²) in [7, 11) is 1.54. The Balaban J connectivity index is 1.48. The first kappa shape index (κ1) is 25.9. The highest BCUT2D eigenvalue weighted by molar-refractivity contribution is 6.35.